The van der Waals surface area contributed by atoms with E-state index >= 15 is 0 Å². The highest BCUT2D eigenvalue weighted by molar-refractivity contribution is 5.79. The maximum atomic E-state index is 12.0. The van der Waals surface area contributed by atoms with Gasteiger partial charge in [0, 0.05) is 31.9 Å². The third-order valence-electron chi connectivity index (χ3n) is 5.23. The van der Waals surface area contributed by atoms with Crippen LogP contribution in [0.15, 0.2) is 24.3 Å². The lowest BCUT2D eigenvalue weighted by molar-refractivity contribution is -0.125. The normalized spacial score (nSPS) is 22.0. The van der Waals surface area contributed by atoms with Gasteiger partial charge in [-0.3, -0.25) is 4.79 Å². The summed E-state index contributed by atoms with van der Waals surface area (Å²) >= 11 is 0. The molecule has 2 aliphatic rings. The van der Waals surface area contributed by atoms with Crippen LogP contribution in [0.1, 0.15) is 44.1 Å². The number of ether oxygens (including phenoxy) is 1. The highest BCUT2D eigenvalue weighted by Gasteiger charge is 2.23. The monoisotopic (exact) mass is 316 g/mol. The van der Waals surface area contributed by atoms with Gasteiger partial charge in [0.05, 0.1) is 12.5 Å². The zero-order valence-corrected chi connectivity index (χ0v) is 14.1. The van der Waals surface area contributed by atoms with Crippen molar-refractivity contribution in [2.45, 2.75) is 51.1 Å². The van der Waals surface area contributed by atoms with Crippen LogP contribution in [0.4, 0.5) is 5.69 Å². The SMILES string of the molecule is CN(c1ccc(CNC(=O)[C@H]2CCOC2)cc1)C1CCCCC1. The Labute approximate surface area is 139 Å². The van der Waals surface area contributed by atoms with Gasteiger partial charge in [0.1, 0.15) is 0 Å². The minimum Gasteiger partial charge on any atom is -0.381 e. The first-order chi connectivity index (χ1) is 11.2. The van der Waals surface area contributed by atoms with Gasteiger partial charge >= 0.3 is 0 Å². The molecule has 1 saturated heterocycles. The standard InChI is InChI=1S/C19H28N2O2/c1-21(17-5-3-2-4-6-17)18-9-7-15(8-10-18)13-20-19(22)16-11-12-23-14-16/h7-10,16-17H,2-6,11-14H2,1H3,(H,20,22)/t16-/m0/s1. The molecule has 0 radical (unpaired) electrons. The second-order valence-corrected chi connectivity index (χ2v) is 6.85. The Bertz CT molecular complexity index is 503. The molecular weight excluding hydrogens is 288 g/mol. The molecule has 1 N–H and O–H groups in total. The molecular formula is C19H28N2O2. The summed E-state index contributed by atoms with van der Waals surface area (Å²) in [6.45, 7) is 1.87. The van der Waals surface area contributed by atoms with E-state index < -0.39 is 0 Å². The van der Waals surface area contributed by atoms with E-state index in [2.05, 4.69) is 41.5 Å². The van der Waals surface area contributed by atoms with Crippen molar-refractivity contribution in [3.8, 4) is 0 Å². The zero-order valence-electron chi connectivity index (χ0n) is 14.1. The summed E-state index contributed by atoms with van der Waals surface area (Å²) in [5, 5.41) is 3.02. The molecule has 1 aromatic carbocycles. The fourth-order valence-electron chi connectivity index (χ4n) is 3.60. The molecule has 1 saturated carbocycles. The van der Waals surface area contributed by atoms with Crippen LogP contribution in [0.2, 0.25) is 0 Å². The molecule has 2 fully saturated rings. The van der Waals surface area contributed by atoms with E-state index in [1.807, 2.05) is 0 Å². The number of rotatable bonds is 5. The first kappa shape index (κ1) is 16.3. The smallest absolute Gasteiger partial charge is 0.225 e. The molecule has 0 unspecified atom stereocenters. The number of benzene rings is 1. The van der Waals surface area contributed by atoms with Gasteiger partial charge in [-0.25, -0.2) is 0 Å². The van der Waals surface area contributed by atoms with Crippen LogP contribution < -0.4 is 10.2 Å². The van der Waals surface area contributed by atoms with E-state index in [1.54, 1.807) is 0 Å². The Hall–Kier alpha value is -1.55. The van der Waals surface area contributed by atoms with E-state index in [-0.39, 0.29) is 11.8 Å². The molecule has 1 atom stereocenters. The fraction of sp³-hybridized carbons (Fsp3) is 0.632. The molecule has 23 heavy (non-hydrogen) atoms. The van der Waals surface area contributed by atoms with E-state index in [4.69, 9.17) is 4.74 Å². The molecule has 3 rings (SSSR count). The maximum absolute atomic E-state index is 12.0. The van der Waals surface area contributed by atoms with Crippen LogP contribution in [0.3, 0.4) is 0 Å². The molecule has 1 amide bonds. The molecule has 4 heteroatoms. The topological polar surface area (TPSA) is 41.6 Å². The Morgan fingerprint density at radius 1 is 1.17 bits per heavy atom. The zero-order chi connectivity index (χ0) is 16.1. The van der Waals surface area contributed by atoms with Crippen molar-refractivity contribution >= 4 is 11.6 Å². The highest BCUT2D eigenvalue weighted by Crippen LogP contribution is 2.26. The van der Waals surface area contributed by atoms with E-state index in [0.29, 0.717) is 25.8 Å². The van der Waals surface area contributed by atoms with Crippen molar-refractivity contribution in [3.63, 3.8) is 0 Å². The van der Waals surface area contributed by atoms with E-state index in [9.17, 15) is 4.79 Å². The van der Waals surface area contributed by atoms with E-state index in [0.717, 1.165) is 12.0 Å². The van der Waals surface area contributed by atoms with Crippen molar-refractivity contribution < 1.29 is 9.53 Å². The van der Waals surface area contributed by atoms with Gasteiger partial charge < -0.3 is 15.0 Å². The minimum atomic E-state index is 0.0340. The molecule has 0 aromatic heterocycles. The summed E-state index contributed by atoms with van der Waals surface area (Å²) in [6, 6.07) is 9.28. The Kier molecular flexibility index (Phi) is 5.55. The van der Waals surface area contributed by atoms with Crippen LogP contribution in [0, 0.1) is 5.92 Å². The van der Waals surface area contributed by atoms with Crippen molar-refractivity contribution in [2.24, 2.45) is 5.92 Å². The van der Waals surface area contributed by atoms with Gasteiger partial charge in [0.2, 0.25) is 5.91 Å². The maximum Gasteiger partial charge on any atom is 0.225 e. The predicted molar refractivity (Wildman–Crippen MR) is 92.5 cm³/mol. The average Bonchev–Trinajstić information content (AvgIpc) is 3.15. The lowest BCUT2D eigenvalue weighted by Gasteiger charge is -2.33. The lowest BCUT2D eigenvalue weighted by atomic mass is 9.94. The fourth-order valence-corrected chi connectivity index (χ4v) is 3.60. The number of anilines is 1. The summed E-state index contributed by atoms with van der Waals surface area (Å²) in [5.74, 6) is 0.151. The van der Waals surface area contributed by atoms with Gasteiger partial charge in [0.15, 0.2) is 0 Å². The Balaban J connectivity index is 1.51. The number of amides is 1. The number of carbonyl (C=O) groups excluding carboxylic acids is 1. The number of nitrogens with one attached hydrogen (secondary N) is 1. The van der Waals surface area contributed by atoms with Crippen LogP contribution in [0.5, 0.6) is 0 Å². The number of hydrogen-bond acceptors (Lipinski definition) is 3. The largest absolute Gasteiger partial charge is 0.381 e. The second-order valence-electron chi connectivity index (χ2n) is 6.85. The molecule has 1 aromatic rings. The molecule has 1 aliphatic carbocycles. The molecule has 4 nitrogen and oxygen atoms in total. The van der Waals surface area contributed by atoms with Gasteiger partial charge in [-0.2, -0.15) is 0 Å². The summed E-state index contributed by atoms with van der Waals surface area (Å²) in [7, 11) is 2.20. The Morgan fingerprint density at radius 3 is 2.57 bits per heavy atom. The third-order valence-corrected chi connectivity index (χ3v) is 5.23. The van der Waals surface area contributed by atoms with Gasteiger partial charge in [0.25, 0.3) is 0 Å². The molecule has 126 valence electrons. The quantitative estimate of drug-likeness (QED) is 0.907. The number of carbonyl (C=O) groups is 1. The van der Waals surface area contributed by atoms with E-state index in [1.165, 1.54) is 37.8 Å². The van der Waals surface area contributed by atoms with Crippen molar-refractivity contribution in [1.29, 1.82) is 0 Å². The first-order valence-corrected chi connectivity index (χ1v) is 8.91. The molecule has 0 spiro atoms. The van der Waals surface area contributed by atoms with Gasteiger partial charge in [-0.15, -0.1) is 0 Å². The molecule has 0 bridgehead atoms. The van der Waals surface area contributed by atoms with Crippen LogP contribution in [-0.4, -0.2) is 32.2 Å². The first-order valence-electron chi connectivity index (χ1n) is 8.91. The predicted octanol–water partition coefficient (Wildman–Crippen LogP) is 3.11. The average molecular weight is 316 g/mol. The van der Waals surface area contributed by atoms with Crippen LogP contribution in [0.25, 0.3) is 0 Å². The number of nitrogens with zero attached hydrogens (tertiary/aromatic N) is 1. The highest BCUT2D eigenvalue weighted by atomic mass is 16.5. The summed E-state index contributed by atoms with van der Waals surface area (Å²) < 4.78 is 5.26. The molecule has 1 heterocycles. The van der Waals surface area contributed by atoms with Crippen molar-refractivity contribution in [3.05, 3.63) is 29.8 Å². The minimum absolute atomic E-state index is 0.0340. The second kappa shape index (κ2) is 7.82. The summed E-state index contributed by atoms with van der Waals surface area (Å²) in [4.78, 5) is 14.4. The summed E-state index contributed by atoms with van der Waals surface area (Å²) in [5.41, 5.74) is 2.43. The van der Waals surface area contributed by atoms with Crippen LogP contribution in [-0.2, 0) is 16.1 Å². The molecule has 1 aliphatic heterocycles. The van der Waals surface area contributed by atoms with Crippen molar-refractivity contribution in [2.75, 3.05) is 25.2 Å². The van der Waals surface area contributed by atoms with Gasteiger partial charge in [-0.05, 0) is 37.0 Å². The van der Waals surface area contributed by atoms with Crippen molar-refractivity contribution in [1.82, 2.24) is 5.32 Å². The van der Waals surface area contributed by atoms with Gasteiger partial charge in [-0.1, -0.05) is 31.4 Å². The third kappa shape index (κ3) is 4.25. The number of hydrogen-bond donors (Lipinski definition) is 1. The Morgan fingerprint density at radius 2 is 1.91 bits per heavy atom. The summed E-state index contributed by atoms with van der Waals surface area (Å²) in [6.07, 6.45) is 7.54. The lowest BCUT2D eigenvalue weighted by Crippen LogP contribution is -2.33. The van der Waals surface area contributed by atoms with Crippen LogP contribution >= 0.6 is 0 Å².